The van der Waals surface area contributed by atoms with Crippen LogP contribution < -0.4 is 0 Å². The van der Waals surface area contributed by atoms with E-state index in [-0.39, 0.29) is 66.0 Å². The highest BCUT2D eigenvalue weighted by Crippen LogP contribution is 2.73. The molecule has 19 atom stereocenters. The summed E-state index contributed by atoms with van der Waals surface area (Å²) in [6.45, 7) is 9.48. The minimum Gasteiger partial charge on any atom is -0.458 e. The van der Waals surface area contributed by atoms with Crippen LogP contribution in [0.2, 0.25) is 0 Å². The first-order valence-electron chi connectivity index (χ1n) is 17.2. The first-order chi connectivity index (χ1) is 21.6. The maximum atomic E-state index is 12.6. The topological polar surface area (TPSA) is 199 Å². The molecule has 0 spiro atoms. The Hall–Kier alpha value is -1.19. The van der Waals surface area contributed by atoms with Crippen molar-refractivity contribution >= 4 is 5.97 Å². The lowest BCUT2D eigenvalue weighted by Crippen LogP contribution is -2.71. The standard InChI is InChI=1S/C34H52O12/c1-13-8-20(44-30(41)14(13)2)15(3)24-19(36)10-18-23-17(6-7-32(18,24)4)33(5)22(37)9-16(11-34(33,42)29-28(23)46-29)43-31-27(40)26(39)25(38)21(12-35)45-31/h15-29,31,35-40,42H,6-12H2,1-5H3/t15-,16-,17+,18+,19+,20+,21-,22+,23-,24+,25-,26+,27-,28-,29-,31-,32+,33+,34-/m0/s1. The van der Waals surface area contributed by atoms with Crippen molar-refractivity contribution in [3.05, 3.63) is 11.1 Å². The minimum absolute atomic E-state index is 0.0243. The molecule has 12 nitrogen and oxygen atoms in total. The van der Waals surface area contributed by atoms with Crippen molar-refractivity contribution in [3.8, 4) is 0 Å². The second-order valence-electron chi connectivity index (χ2n) is 16.2. The molecule has 4 saturated carbocycles. The molecule has 0 amide bonds. The number of rotatable bonds is 5. The molecule has 0 bridgehead atoms. The third-order valence-corrected chi connectivity index (χ3v) is 14.3. The molecule has 0 unspecified atom stereocenters. The van der Waals surface area contributed by atoms with E-state index in [0.29, 0.717) is 18.4 Å². The number of aliphatic hydroxyl groups is 7. The molecule has 7 aliphatic rings. The van der Waals surface area contributed by atoms with Gasteiger partial charge in [-0.2, -0.15) is 0 Å². The van der Waals surface area contributed by atoms with Crippen LogP contribution in [0.5, 0.6) is 0 Å². The fourth-order valence-electron chi connectivity index (χ4n) is 11.5. The summed E-state index contributed by atoms with van der Waals surface area (Å²) in [5, 5.41) is 76.5. The van der Waals surface area contributed by atoms with Crippen LogP contribution in [0, 0.1) is 40.4 Å². The highest BCUT2D eigenvalue weighted by molar-refractivity contribution is 5.89. The summed E-state index contributed by atoms with van der Waals surface area (Å²) < 4.78 is 23.8. The Morgan fingerprint density at radius 2 is 1.72 bits per heavy atom. The van der Waals surface area contributed by atoms with Crippen molar-refractivity contribution in [2.75, 3.05) is 6.61 Å². The van der Waals surface area contributed by atoms with Gasteiger partial charge in [-0.15, -0.1) is 0 Å². The number of esters is 1. The van der Waals surface area contributed by atoms with Crippen LogP contribution in [0.4, 0.5) is 0 Å². The zero-order valence-electron chi connectivity index (χ0n) is 27.4. The smallest absolute Gasteiger partial charge is 0.333 e. The van der Waals surface area contributed by atoms with Gasteiger partial charge in [0.15, 0.2) is 6.29 Å². The van der Waals surface area contributed by atoms with Crippen molar-refractivity contribution in [1.29, 1.82) is 0 Å². The zero-order chi connectivity index (χ0) is 33.2. The molecule has 46 heavy (non-hydrogen) atoms. The second-order valence-corrected chi connectivity index (χ2v) is 16.2. The van der Waals surface area contributed by atoms with E-state index in [4.69, 9.17) is 18.9 Å². The van der Waals surface area contributed by atoms with Gasteiger partial charge in [0.05, 0.1) is 31.0 Å². The number of hydrogen-bond donors (Lipinski definition) is 7. The van der Waals surface area contributed by atoms with Crippen molar-refractivity contribution < 1.29 is 59.5 Å². The lowest BCUT2D eigenvalue weighted by atomic mass is 9.42. The quantitative estimate of drug-likeness (QED) is 0.121. The molecule has 0 aromatic heterocycles. The number of fused-ring (bicyclic) bond motifs is 8. The van der Waals surface area contributed by atoms with Gasteiger partial charge >= 0.3 is 5.97 Å². The molecule has 4 aliphatic carbocycles. The molecule has 12 heteroatoms. The third-order valence-electron chi connectivity index (χ3n) is 14.3. The second kappa shape index (κ2) is 11.2. The van der Waals surface area contributed by atoms with Crippen LogP contribution in [0.3, 0.4) is 0 Å². The first kappa shape index (κ1) is 33.3. The number of carbonyl (C=O) groups is 1. The molecule has 3 aliphatic heterocycles. The summed E-state index contributed by atoms with van der Waals surface area (Å²) in [5.41, 5.74) is -0.927. The van der Waals surface area contributed by atoms with E-state index in [1.165, 1.54) is 0 Å². The summed E-state index contributed by atoms with van der Waals surface area (Å²) in [6.07, 6.45) is -7.55. The molecule has 3 heterocycles. The van der Waals surface area contributed by atoms with Gasteiger partial charge < -0.3 is 54.7 Å². The lowest BCUT2D eigenvalue weighted by molar-refractivity contribution is -0.329. The average Bonchev–Trinajstić information content (AvgIpc) is 3.76. The molecule has 7 N–H and O–H groups in total. The van der Waals surface area contributed by atoms with Gasteiger partial charge in [0.2, 0.25) is 0 Å². The molecule has 2 saturated heterocycles. The van der Waals surface area contributed by atoms with E-state index in [1.54, 1.807) is 6.92 Å². The molecule has 260 valence electrons. The zero-order valence-corrected chi connectivity index (χ0v) is 27.4. The molecular weight excluding hydrogens is 600 g/mol. The molecule has 6 fully saturated rings. The van der Waals surface area contributed by atoms with Gasteiger partial charge in [-0.05, 0) is 68.1 Å². The lowest BCUT2D eigenvalue weighted by Gasteiger charge is -2.64. The van der Waals surface area contributed by atoms with E-state index < -0.39 is 72.7 Å². The van der Waals surface area contributed by atoms with Gasteiger partial charge in [0, 0.05) is 30.3 Å². The van der Waals surface area contributed by atoms with Crippen LogP contribution in [-0.4, -0.2) is 121 Å². The highest BCUT2D eigenvalue weighted by Gasteiger charge is 2.79. The normalized spacial score (nSPS) is 57.1. The van der Waals surface area contributed by atoms with Gasteiger partial charge in [0.25, 0.3) is 0 Å². The predicted molar refractivity (Wildman–Crippen MR) is 160 cm³/mol. The van der Waals surface area contributed by atoms with Crippen molar-refractivity contribution in [1.82, 2.24) is 0 Å². The van der Waals surface area contributed by atoms with E-state index >= 15 is 0 Å². The Morgan fingerprint density at radius 3 is 2.39 bits per heavy atom. The maximum absolute atomic E-state index is 12.6. The monoisotopic (exact) mass is 652 g/mol. The van der Waals surface area contributed by atoms with Gasteiger partial charge in [0.1, 0.15) is 42.2 Å². The van der Waals surface area contributed by atoms with Gasteiger partial charge in [-0.1, -0.05) is 26.3 Å². The van der Waals surface area contributed by atoms with E-state index in [0.717, 1.165) is 18.4 Å². The van der Waals surface area contributed by atoms with Crippen LogP contribution >= 0.6 is 0 Å². The summed E-state index contributed by atoms with van der Waals surface area (Å²) in [7, 11) is 0. The first-order valence-corrected chi connectivity index (χ1v) is 17.2. The third kappa shape index (κ3) is 4.51. The Morgan fingerprint density at radius 1 is 1.00 bits per heavy atom. The highest BCUT2D eigenvalue weighted by atomic mass is 16.7. The molecular formula is C34H52O12. The van der Waals surface area contributed by atoms with E-state index in [2.05, 4.69) is 13.8 Å². The number of hydrogen-bond acceptors (Lipinski definition) is 12. The Labute approximate surface area is 269 Å². The summed E-state index contributed by atoms with van der Waals surface area (Å²) in [6, 6.07) is 0. The number of aliphatic hydroxyl groups excluding tert-OH is 6. The van der Waals surface area contributed by atoms with Crippen LogP contribution in [0.15, 0.2) is 11.1 Å². The van der Waals surface area contributed by atoms with Crippen molar-refractivity contribution in [2.24, 2.45) is 40.4 Å². The largest absolute Gasteiger partial charge is 0.458 e. The number of cyclic esters (lactones) is 1. The van der Waals surface area contributed by atoms with Crippen molar-refractivity contribution in [3.63, 3.8) is 0 Å². The van der Waals surface area contributed by atoms with Crippen LogP contribution in [-0.2, 0) is 23.7 Å². The predicted octanol–water partition coefficient (Wildman–Crippen LogP) is 0.162. The number of epoxide rings is 1. The Kier molecular flexibility index (Phi) is 8.08. The van der Waals surface area contributed by atoms with E-state index in [1.807, 2.05) is 13.8 Å². The molecule has 0 radical (unpaired) electrons. The average molecular weight is 653 g/mol. The SMILES string of the molecule is CC1=C(C)C(=O)O[C@@H]([C@H](C)[C@@H]2[C@H](O)C[C@@H]3[C@H]4[C@@H]5O[C@@H]5[C@@]5(O)C[C@@H](O[C@H]6O[C@@H](CO)[C@H](O)[C@@H](O)[C@@H]6O)C[C@@H](O)[C@@]5(C)[C@@H]4CC[C@@]23C)C1. The fraction of sp³-hybridized carbons (Fsp3) is 0.912. The number of carbonyl (C=O) groups excluding carboxylic acids is 1. The summed E-state index contributed by atoms with van der Waals surface area (Å²) >= 11 is 0. The van der Waals surface area contributed by atoms with Crippen LogP contribution in [0.1, 0.15) is 73.1 Å². The minimum atomic E-state index is -1.59. The molecule has 0 aromatic carbocycles. The molecule has 0 aromatic rings. The van der Waals surface area contributed by atoms with E-state index in [9.17, 15) is 40.5 Å². The fourth-order valence-corrected chi connectivity index (χ4v) is 11.5. The van der Waals surface area contributed by atoms with Crippen molar-refractivity contribution in [2.45, 2.75) is 146 Å². The molecule has 7 rings (SSSR count). The number of ether oxygens (including phenoxy) is 4. The Balaban J connectivity index is 1.11. The summed E-state index contributed by atoms with van der Waals surface area (Å²) in [5.74, 6) is -0.382. The van der Waals surface area contributed by atoms with Gasteiger partial charge in [-0.25, -0.2) is 4.79 Å². The van der Waals surface area contributed by atoms with Crippen LogP contribution in [0.25, 0.3) is 0 Å². The Bertz CT molecular complexity index is 1260. The summed E-state index contributed by atoms with van der Waals surface area (Å²) in [4.78, 5) is 12.6. The van der Waals surface area contributed by atoms with Gasteiger partial charge in [-0.3, -0.25) is 0 Å². The maximum Gasteiger partial charge on any atom is 0.333 e.